The minimum atomic E-state index is -0.937. The molecular weight excluding hydrogens is 340 g/mol. The van der Waals surface area contributed by atoms with Crippen LogP contribution in [0.25, 0.3) is 22.3 Å². The first kappa shape index (κ1) is 14.5. The summed E-state index contributed by atoms with van der Waals surface area (Å²) in [5.41, 5.74) is 4.36. The molecule has 0 aliphatic rings. The molecule has 0 saturated carbocycles. The van der Waals surface area contributed by atoms with Gasteiger partial charge in [-0.25, -0.2) is 4.79 Å². The molecule has 0 bridgehead atoms. The number of halogens is 1. The first-order valence-corrected chi connectivity index (χ1v) is 7.64. The molecule has 0 amide bonds. The van der Waals surface area contributed by atoms with E-state index in [9.17, 15) is 9.90 Å². The number of carbonyl (C=O) groups is 1. The highest BCUT2D eigenvalue weighted by Gasteiger charge is 2.13. The fraction of sp³-hybridized carbons (Fsp3) is 0. The van der Waals surface area contributed by atoms with Crippen LogP contribution in [-0.2, 0) is 0 Å². The maximum atomic E-state index is 11.3. The molecule has 3 rings (SSSR count). The van der Waals surface area contributed by atoms with Crippen LogP contribution >= 0.6 is 15.9 Å². The van der Waals surface area contributed by atoms with Crippen molar-refractivity contribution in [2.75, 3.05) is 0 Å². The molecule has 0 spiro atoms. The molecule has 0 radical (unpaired) electrons. The Bertz CT molecular complexity index is 826. The van der Waals surface area contributed by atoms with Crippen LogP contribution in [0.15, 0.2) is 77.3 Å². The second-order valence-corrected chi connectivity index (χ2v) is 5.71. The molecule has 1 N–H and O–H groups in total. The minimum Gasteiger partial charge on any atom is -0.478 e. The number of hydrogen-bond acceptors (Lipinski definition) is 1. The Hall–Kier alpha value is -2.39. The Morgan fingerprint density at radius 3 is 2.14 bits per heavy atom. The molecule has 0 aromatic heterocycles. The summed E-state index contributed by atoms with van der Waals surface area (Å²) in [5, 5.41) is 9.24. The molecule has 0 fully saturated rings. The molecule has 3 aromatic rings. The largest absolute Gasteiger partial charge is 0.478 e. The second-order valence-electron chi connectivity index (χ2n) is 4.92. The van der Waals surface area contributed by atoms with Crippen molar-refractivity contribution < 1.29 is 9.90 Å². The smallest absolute Gasteiger partial charge is 0.336 e. The number of carboxylic acids is 1. The van der Waals surface area contributed by atoms with Gasteiger partial charge in [0, 0.05) is 4.47 Å². The zero-order valence-electron chi connectivity index (χ0n) is 11.7. The third kappa shape index (κ3) is 2.81. The van der Waals surface area contributed by atoms with Gasteiger partial charge in [0.05, 0.1) is 5.56 Å². The maximum absolute atomic E-state index is 11.3. The molecule has 3 aromatic carbocycles. The van der Waals surface area contributed by atoms with Gasteiger partial charge in [0.25, 0.3) is 0 Å². The fourth-order valence-corrected chi connectivity index (χ4v) is 3.08. The molecular formula is C19H13BrO2. The van der Waals surface area contributed by atoms with Gasteiger partial charge in [0.2, 0.25) is 0 Å². The van der Waals surface area contributed by atoms with Crippen LogP contribution in [-0.4, -0.2) is 11.1 Å². The van der Waals surface area contributed by atoms with Crippen LogP contribution in [0.5, 0.6) is 0 Å². The van der Waals surface area contributed by atoms with Crippen LogP contribution in [0.3, 0.4) is 0 Å². The van der Waals surface area contributed by atoms with Gasteiger partial charge in [0.15, 0.2) is 0 Å². The topological polar surface area (TPSA) is 37.3 Å². The van der Waals surface area contributed by atoms with Crippen LogP contribution in [0.1, 0.15) is 10.4 Å². The van der Waals surface area contributed by atoms with E-state index < -0.39 is 5.97 Å². The summed E-state index contributed by atoms with van der Waals surface area (Å²) in [6.45, 7) is 0. The first-order valence-electron chi connectivity index (χ1n) is 6.84. The lowest BCUT2D eigenvalue weighted by Crippen LogP contribution is -1.98. The van der Waals surface area contributed by atoms with Crippen molar-refractivity contribution in [2.24, 2.45) is 0 Å². The van der Waals surface area contributed by atoms with E-state index >= 15 is 0 Å². The molecule has 2 nitrogen and oxygen atoms in total. The fourth-order valence-electron chi connectivity index (χ4n) is 2.42. The van der Waals surface area contributed by atoms with E-state index in [4.69, 9.17) is 0 Å². The highest BCUT2D eigenvalue weighted by atomic mass is 79.9. The molecule has 0 aliphatic carbocycles. The van der Waals surface area contributed by atoms with Crippen molar-refractivity contribution in [3.8, 4) is 22.3 Å². The van der Waals surface area contributed by atoms with Crippen molar-refractivity contribution in [1.29, 1.82) is 0 Å². The Labute approximate surface area is 137 Å². The van der Waals surface area contributed by atoms with Crippen molar-refractivity contribution in [2.45, 2.75) is 0 Å². The quantitative estimate of drug-likeness (QED) is 0.677. The average Bonchev–Trinajstić information content (AvgIpc) is 2.56. The van der Waals surface area contributed by atoms with E-state index in [0.717, 1.165) is 22.3 Å². The Kier molecular flexibility index (Phi) is 4.07. The predicted octanol–water partition coefficient (Wildman–Crippen LogP) is 5.48. The molecule has 0 saturated heterocycles. The third-order valence-corrected chi connectivity index (χ3v) is 4.36. The normalized spacial score (nSPS) is 10.4. The Morgan fingerprint density at radius 1 is 0.773 bits per heavy atom. The highest BCUT2D eigenvalue weighted by molar-refractivity contribution is 9.10. The summed E-state index contributed by atoms with van der Waals surface area (Å²) in [5.74, 6) is -0.937. The minimum absolute atomic E-state index is 0.266. The molecule has 3 heteroatoms. The van der Waals surface area contributed by atoms with Crippen molar-refractivity contribution in [3.05, 3.63) is 82.8 Å². The SMILES string of the molecule is O=C(O)c1cccc(-c2cccc(-c3ccccc3)c2)c1Br. The summed E-state index contributed by atoms with van der Waals surface area (Å²) in [6, 6.07) is 23.5. The van der Waals surface area contributed by atoms with Gasteiger partial charge in [-0.1, -0.05) is 60.7 Å². The lowest BCUT2D eigenvalue weighted by molar-refractivity contribution is 0.0696. The Morgan fingerprint density at radius 2 is 1.41 bits per heavy atom. The summed E-state index contributed by atoms with van der Waals surface area (Å²) in [6.07, 6.45) is 0. The molecule has 108 valence electrons. The first-order chi connectivity index (χ1) is 10.7. The molecule has 0 atom stereocenters. The zero-order chi connectivity index (χ0) is 15.5. The number of rotatable bonds is 3. The lowest BCUT2D eigenvalue weighted by atomic mass is 9.98. The molecule has 22 heavy (non-hydrogen) atoms. The molecule has 0 heterocycles. The number of aromatic carboxylic acids is 1. The molecule has 0 unspecified atom stereocenters. The van der Waals surface area contributed by atoms with E-state index in [1.165, 1.54) is 0 Å². The van der Waals surface area contributed by atoms with Crippen molar-refractivity contribution in [3.63, 3.8) is 0 Å². The summed E-state index contributed by atoms with van der Waals surface area (Å²) in [4.78, 5) is 11.3. The van der Waals surface area contributed by atoms with Gasteiger partial charge < -0.3 is 5.11 Å². The third-order valence-electron chi connectivity index (χ3n) is 3.51. The van der Waals surface area contributed by atoms with Gasteiger partial charge in [-0.2, -0.15) is 0 Å². The summed E-state index contributed by atoms with van der Waals surface area (Å²) in [7, 11) is 0. The van der Waals surface area contributed by atoms with Gasteiger partial charge in [0.1, 0.15) is 0 Å². The summed E-state index contributed by atoms with van der Waals surface area (Å²) < 4.78 is 0.604. The average molecular weight is 353 g/mol. The lowest BCUT2D eigenvalue weighted by Gasteiger charge is -2.09. The summed E-state index contributed by atoms with van der Waals surface area (Å²) >= 11 is 3.42. The van der Waals surface area contributed by atoms with Crippen molar-refractivity contribution in [1.82, 2.24) is 0 Å². The van der Waals surface area contributed by atoms with Gasteiger partial charge >= 0.3 is 5.97 Å². The standard InChI is InChI=1S/C19H13BrO2/c20-18-16(10-5-11-17(18)19(21)22)15-9-4-8-14(12-15)13-6-2-1-3-7-13/h1-12H,(H,21,22). The van der Waals surface area contributed by atoms with Gasteiger partial charge in [-0.05, 0) is 50.3 Å². The number of carboxylic acid groups (broad SMARTS) is 1. The van der Waals surface area contributed by atoms with E-state index in [1.807, 2.05) is 42.5 Å². The van der Waals surface area contributed by atoms with Gasteiger partial charge in [-0.3, -0.25) is 0 Å². The van der Waals surface area contributed by atoms with E-state index in [0.29, 0.717) is 4.47 Å². The maximum Gasteiger partial charge on any atom is 0.336 e. The monoisotopic (exact) mass is 352 g/mol. The predicted molar refractivity (Wildman–Crippen MR) is 92.0 cm³/mol. The highest BCUT2D eigenvalue weighted by Crippen LogP contribution is 2.33. The number of hydrogen-bond donors (Lipinski definition) is 1. The van der Waals surface area contributed by atoms with Crippen LogP contribution in [0.4, 0.5) is 0 Å². The Balaban J connectivity index is 2.11. The van der Waals surface area contributed by atoms with Crippen LogP contribution in [0, 0.1) is 0 Å². The second kappa shape index (κ2) is 6.16. The molecule has 0 aliphatic heterocycles. The van der Waals surface area contributed by atoms with E-state index in [-0.39, 0.29) is 5.56 Å². The van der Waals surface area contributed by atoms with E-state index in [2.05, 4.69) is 34.1 Å². The van der Waals surface area contributed by atoms with Crippen LogP contribution < -0.4 is 0 Å². The van der Waals surface area contributed by atoms with Crippen LogP contribution in [0.2, 0.25) is 0 Å². The number of benzene rings is 3. The van der Waals surface area contributed by atoms with E-state index in [1.54, 1.807) is 12.1 Å². The zero-order valence-corrected chi connectivity index (χ0v) is 13.2. The van der Waals surface area contributed by atoms with Gasteiger partial charge in [-0.15, -0.1) is 0 Å². The van der Waals surface area contributed by atoms with Crippen molar-refractivity contribution >= 4 is 21.9 Å².